The molecule has 0 aromatic heterocycles. The first-order valence-electron chi connectivity index (χ1n) is 2.71. The van der Waals surface area contributed by atoms with E-state index in [0.717, 1.165) is 0 Å². The Hall–Kier alpha value is 0.870. The molecule has 0 saturated heterocycles. The summed E-state index contributed by atoms with van der Waals surface area (Å²) in [5, 5.41) is 0. The van der Waals surface area contributed by atoms with Crippen molar-refractivity contribution >= 4 is 34.8 Å². The molecule has 0 aliphatic heterocycles. The van der Waals surface area contributed by atoms with Crippen LogP contribution in [0, 0.1) is 11.8 Å². The van der Waals surface area contributed by atoms with Crippen LogP contribution in [0.15, 0.2) is 0 Å². The summed E-state index contributed by atoms with van der Waals surface area (Å²) in [7, 11) is 0. The summed E-state index contributed by atoms with van der Waals surface area (Å²) in [4.78, 5) is 0. The molecule has 0 bridgehead atoms. The van der Waals surface area contributed by atoms with Gasteiger partial charge in [-0.15, -0.1) is 34.8 Å². The highest BCUT2D eigenvalue weighted by Gasteiger charge is 2.20. The molecule has 0 aromatic carbocycles. The molecule has 0 aromatic rings. The molecule has 0 aliphatic carbocycles. The van der Waals surface area contributed by atoms with E-state index in [4.69, 9.17) is 34.8 Å². The van der Waals surface area contributed by atoms with Crippen molar-refractivity contribution in [3.8, 4) is 0 Å². The van der Waals surface area contributed by atoms with Crippen LogP contribution in [-0.4, -0.2) is 17.6 Å². The third-order valence-electron chi connectivity index (χ3n) is 1.18. The van der Waals surface area contributed by atoms with Crippen molar-refractivity contribution in [1.29, 1.82) is 0 Å². The summed E-state index contributed by atoms with van der Waals surface area (Å²) in [6, 6.07) is 0. The van der Waals surface area contributed by atoms with E-state index in [1.54, 1.807) is 0 Å². The maximum Gasteiger partial charge on any atom is 0.0291 e. The minimum atomic E-state index is -0.0924. The standard InChI is InChI=1S/C6H10Cl3/c1-6(4-8,5-9)2-3-7/h2H,3-5H2,1H3. The van der Waals surface area contributed by atoms with Gasteiger partial charge in [0.1, 0.15) is 0 Å². The van der Waals surface area contributed by atoms with Crippen LogP contribution >= 0.6 is 34.8 Å². The third kappa shape index (κ3) is 3.54. The molecule has 0 atom stereocenters. The Morgan fingerprint density at radius 2 is 1.67 bits per heavy atom. The average Bonchev–Trinajstić information content (AvgIpc) is 1.89. The number of alkyl halides is 3. The van der Waals surface area contributed by atoms with Crippen molar-refractivity contribution in [3.05, 3.63) is 6.42 Å². The molecule has 0 rings (SSSR count). The van der Waals surface area contributed by atoms with E-state index in [9.17, 15) is 0 Å². The summed E-state index contributed by atoms with van der Waals surface area (Å²) in [5.74, 6) is 1.57. The van der Waals surface area contributed by atoms with Crippen LogP contribution in [-0.2, 0) is 0 Å². The SMILES string of the molecule is CC([CH]CCl)(CCl)CCl. The van der Waals surface area contributed by atoms with E-state index >= 15 is 0 Å². The van der Waals surface area contributed by atoms with Crippen molar-refractivity contribution in [2.24, 2.45) is 5.41 Å². The van der Waals surface area contributed by atoms with E-state index in [0.29, 0.717) is 17.6 Å². The van der Waals surface area contributed by atoms with Crippen LogP contribution in [0.3, 0.4) is 0 Å². The van der Waals surface area contributed by atoms with Crippen LogP contribution in [0.4, 0.5) is 0 Å². The highest BCUT2D eigenvalue weighted by molar-refractivity contribution is 6.22. The summed E-state index contributed by atoms with van der Waals surface area (Å²) in [5.41, 5.74) is -0.0924. The van der Waals surface area contributed by atoms with Crippen molar-refractivity contribution < 1.29 is 0 Å². The van der Waals surface area contributed by atoms with E-state index in [-0.39, 0.29) is 5.41 Å². The van der Waals surface area contributed by atoms with Crippen LogP contribution in [0.5, 0.6) is 0 Å². The summed E-state index contributed by atoms with van der Waals surface area (Å²) >= 11 is 16.7. The first-order chi connectivity index (χ1) is 4.18. The van der Waals surface area contributed by atoms with Gasteiger partial charge in [0.05, 0.1) is 0 Å². The molecule has 0 N–H and O–H groups in total. The molecule has 0 fully saturated rings. The number of hydrogen-bond acceptors (Lipinski definition) is 0. The van der Waals surface area contributed by atoms with Crippen molar-refractivity contribution in [1.82, 2.24) is 0 Å². The maximum absolute atomic E-state index is 5.61. The Balaban J connectivity index is 3.62. The van der Waals surface area contributed by atoms with Crippen LogP contribution in [0.25, 0.3) is 0 Å². The van der Waals surface area contributed by atoms with Crippen LogP contribution < -0.4 is 0 Å². The normalized spacial score (nSPS) is 12.0. The van der Waals surface area contributed by atoms with Crippen molar-refractivity contribution in [2.45, 2.75) is 6.92 Å². The quantitative estimate of drug-likeness (QED) is 0.595. The molecule has 3 heteroatoms. The molecule has 0 spiro atoms. The van der Waals surface area contributed by atoms with Gasteiger partial charge in [-0.2, -0.15) is 0 Å². The lowest BCUT2D eigenvalue weighted by Gasteiger charge is -2.21. The fraction of sp³-hybridized carbons (Fsp3) is 0.833. The van der Waals surface area contributed by atoms with Gasteiger partial charge in [0.25, 0.3) is 0 Å². The lowest BCUT2D eigenvalue weighted by Crippen LogP contribution is -2.21. The number of hydrogen-bond donors (Lipinski definition) is 0. The Morgan fingerprint density at radius 3 is 1.78 bits per heavy atom. The molecule has 0 heterocycles. The Bertz CT molecular complexity index is 68.7. The predicted molar refractivity (Wildman–Crippen MR) is 44.6 cm³/mol. The average molecular weight is 189 g/mol. The van der Waals surface area contributed by atoms with E-state index in [1.165, 1.54) is 0 Å². The third-order valence-corrected chi connectivity index (χ3v) is 2.56. The van der Waals surface area contributed by atoms with Gasteiger partial charge in [0.15, 0.2) is 0 Å². The minimum Gasteiger partial charge on any atom is -0.126 e. The van der Waals surface area contributed by atoms with E-state index in [2.05, 4.69) is 0 Å². The predicted octanol–water partition coefficient (Wildman–Crippen LogP) is 2.91. The number of rotatable bonds is 4. The number of halogens is 3. The lowest BCUT2D eigenvalue weighted by molar-refractivity contribution is 0.513. The zero-order valence-corrected chi connectivity index (χ0v) is 7.60. The lowest BCUT2D eigenvalue weighted by atomic mass is 9.93. The molecule has 0 aliphatic rings. The van der Waals surface area contributed by atoms with Crippen molar-refractivity contribution in [3.63, 3.8) is 0 Å². The zero-order chi connectivity index (χ0) is 7.33. The smallest absolute Gasteiger partial charge is 0.0291 e. The van der Waals surface area contributed by atoms with Gasteiger partial charge in [0.2, 0.25) is 0 Å². The molecule has 0 nitrogen and oxygen atoms in total. The first kappa shape index (κ1) is 9.87. The largest absolute Gasteiger partial charge is 0.126 e. The summed E-state index contributed by atoms with van der Waals surface area (Å²) < 4.78 is 0. The van der Waals surface area contributed by atoms with Gasteiger partial charge in [-0.25, -0.2) is 0 Å². The van der Waals surface area contributed by atoms with Gasteiger partial charge in [-0.1, -0.05) is 6.92 Å². The maximum atomic E-state index is 5.61. The van der Waals surface area contributed by atoms with Crippen LogP contribution in [0.1, 0.15) is 6.92 Å². The minimum absolute atomic E-state index is 0.0924. The second kappa shape index (κ2) is 4.65. The Labute approximate surface area is 71.5 Å². The van der Waals surface area contributed by atoms with Gasteiger partial charge >= 0.3 is 0 Å². The second-order valence-electron chi connectivity index (χ2n) is 2.28. The van der Waals surface area contributed by atoms with E-state index in [1.807, 2.05) is 13.3 Å². The molecular formula is C6H10Cl3. The van der Waals surface area contributed by atoms with Gasteiger partial charge in [-0.05, 0) is 11.8 Å². The summed E-state index contributed by atoms with van der Waals surface area (Å²) in [6.45, 7) is 1.98. The molecule has 9 heavy (non-hydrogen) atoms. The van der Waals surface area contributed by atoms with Crippen molar-refractivity contribution in [2.75, 3.05) is 17.6 Å². The monoisotopic (exact) mass is 187 g/mol. The van der Waals surface area contributed by atoms with Crippen LogP contribution in [0.2, 0.25) is 0 Å². The Kier molecular flexibility index (Phi) is 5.10. The molecule has 0 amide bonds. The van der Waals surface area contributed by atoms with Gasteiger partial charge < -0.3 is 0 Å². The van der Waals surface area contributed by atoms with E-state index < -0.39 is 0 Å². The Morgan fingerprint density at radius 1 is 1.22 bits per heavy atom. The highest BCUT2D eigenvalue weighted by Crippen LogP contribution is 2.23. The molecular weight excluding hydrogens is 178 g/mol. The highest BCUT2D eigenvalue weighted by atomic mass is 35.5. The summed E-state index contributed by atoms with van der Waals surface area (Å²) in [6.07, 6.45) is 1.93. The molecule has 1 radical (unpaired) electrons. The molecule has 0 saturated carbocycles. The first-order valence-corrected chi connectivity index (χ1v) is 4.31. The second-order valence-corrected chi connectivity index (χ2v) is 3.12. The fourth-order valence-electron chi connectivity index (χ4n) is 0.331. The zero-order valence-electron chi connectivity index (χ0n) is 5.33. The van der Waals surface area contributed by atoms with Gasteiger partial charge in [0, 0.05) is 17.6 Å². The fourth-order valence-corrected chi connectivity index (χ4v) is 1.21. The molecule has 0 unspecified atom stereocenters. The topological polar surface area (TPSA) is 0 Å². The molecule has 55 valence electrons. The van der Waals surface area contributed by atoms with Gasteiger partial charge in [-0.3, -0.25) is 0 Å².